The molecule has 5 heteroatoms. The molecule has 2 rings (SSSR count). The average Bonchev–Trinajstić information content (AvgIpc) is 2.53. The van der Waals surface area contributed by atoms with E-state index in [2.05, 4.69) is 20.7 Å². The Morgan fingerprint density at radius 1 is 1.00 bits per heavy atom. The van der Waals surface area contributed by atoms with Gasteiger partial charge in [0, 0.05) is 10.0 Å². The molecular weight excluding hydrogens is 336 g/mol. The number of ketones is 1. The zero-order valence-electron chi connectivity index (χ0n) is 11.6. The molecular formula is C16H13BrO4. The SMILES string of the molecule is COC(=O)c1ccc(C(=O)c2ccccc2OC)cc1Br. The van der Waals surface area contributed by atoms with E-state index in [1.165, 1.54) is 14.2 Å². The van der Waals surface area contributed by atoms with Crippen LogP contribution in [-0.4, -0.2) is 26.0 Å². The third-order valence-corrected chi connectivity index (χ3v) is 3.64. The van der Waals surface area contributed by atoms with Crippen LogP contribution in [0.25, 0.3) is 0 Å². The molecule has 4 nitrogen and oxygen atoms in total. The van der Waals surface area contributed by atoms with E-state index in [1.54, 1.807) is 42.5 Å². The van der Waals surface area contributed by atoms with Gasteiger partial charge in [0.05, 0.1) is 25.3 Å². The lowest BCUT2D eigenvalue weighted by Gasteiger charge is -2.08. The highest BCUT2D eigenvalue weighted by Crippen LogP contribution is 2.25. The van der Waals surface area contributed by atoms with Gasteiger partial charge in [0.25, 0.3) is 0 Å². The van der Waals surface area contributed by atoms with Crippen LogP contribution in [0, 0.1) is 0 Å². The van der Waals surface area contributed by atoms with Gasteiger partial charge in [-0.2, -0.15) is 0 Å². The van der Waals surface area contributed by atoms with Crippen molar-refractivity contribution in [2.24, 2.45) is 0 Å². The Morgan fingerprint density at radius 2 is 1.71 bits per heavy atom. The zero-order valence-corrected chi connectivity index (χ0v) is 13.1. The van der Waals surface area contributed by atoms with Crippen LogP contribution in [0.1, 0.15) is 26.3 Å². The molecule has 0 fully saturated rings. The first-order chi connectivity index (χ1) is 10.1. The summed E-state index contributed by atoms with van der Waals surface area (Å²) in [6.45, 7) is 0. The molecule has 0 saturated carbocycles. The van der Waals surface area contributed by atoms with Crippen molar-refractivity contribution in [2.75, 3.05) is 14.2 Å². The first kappa shape index (κ1) is 15.3. The Hall–Kier alpha value is -2.14. The summed E-state index contributed by atoms with van der Waals surface area (Å²) in [6.07, 6.45) is 0. The van der Waals surface area contributed by atoms with Gasteiger partial charge in [-0.05, 0) is 40.2 Å². The van der Waals surface area contributed by atoms with Gasteiger partial charge in [0.15, 0.2) is 5.78 Å². The van der Waals surface area contributed by atoms with Gasteiger partial charge in [-0.15, -0.1) is 0 Å². The Labute approximate surface area is 130 Å². The maximum Gasteiger partial charge on any atom is 0.339 e. The topological polar surface area (TPSA) is 52.6 Å². The predicted molar refractivity (Wildman–Crippen MR) is 81.9 cm³/mol. The smallest absolute Gasteiger partial charge is 0.339 e. The summed E-state index contributed by atoms with van der Waals surface area (Å²) >= 11 is 3.28. The summed E-state index contributed by atoms with van der Waals surface area (Å²) < 4.78 is 10.4. The van der Waals surface area contributed by atoms with E-state index >= 15 is 0 Å². The number of carbonyl (C=O) groups excluding carboxylic acids is 2. The molecule has 108 valence electrons. The number of hydrogen-bond acceptors (Lipinski definition) is 4. The summed E-state index contributed by atoms with van der Waals surface area (Å²) in [7, 11) is 2.82. The van der Waals surface area contributed by atoms with E-state index in [-0.39, 0.29) is 5.78 Å². The first-order valence-electron chi connectivity index (χ1n) is 6.14. The van der Waals surface area contributed by atoms with Crippen LogP contribution in [0.15, 0.2) is 46.9 Å². The van der Waals surface area contributed by atoms with Crippen molar-refractivity contribution < 1.29 is 19.1 Å². The van der Waals surface area contributed by atoms with E-state index < -0.39 is 5.97 Å². The largest absolute Gasteiger partial charge is 0.496 e. The fraction of sp³-hybridized carbons (Fsp3) is 0.125. The Morgan fingerprint density at radius 3 is 2.33 bits per heavy atom. The second-order valence-electron chi connectivity index (χ2n) is 4.22. The lowest BCUT2D eigenvalue weighted by atomic mass is 10.0. The number of benzene rings is 2. The standard InChI is InChI=1S/C16H13BrO4/c1-20-14-6-4-3-5-12(14)15(18)10-7-8-11(13(17)9-10)16(19)21-2/h3-9H,1-2H3. The fourth-order valence-corrected chi connectivity index (χ4v) is 2.46. The molecule has 0 spiro atoms. The van der Waals surface area contributed by atoms with Gasteiger partial charge in [-0.1, -0.05) is 18.2 Å². The highest BCUT2D eigenvalue weighted by Gasteiger charge is 2.17. The van der Waals surface area contributed by atoms with E-state index in [0.717, 1.165) is 0 Å². The molecule has 0 saturated heterocycles. The average molecular weight is 349 g/mol. The van der Waals surface area contributed by atoms with Crippen molar-refractivity contribution in [3.63, 3.8) is 0 Å². The van der Waals surface area contributed by atoms with Gasteiger partial charge in [-0.3, -0.25) is 4.79 Å². The molecule has 0 atom stereocenters. The minimum absolute atomic E-state index is 0.176. The van der Waals surface area contributed by atoms with Gasteiger partial charge < -0.3 is 9.47 Å². The van der Waals surface area contributed by atoms with Gasteiger partial charge in [0.1, 0.15) is 5.75 Å². The summed E-state index contributed by atoms with van der Waals surface area (Å²) in [5.41, 5.74) is 1.30. The number of halogens is 1. The van der Waals surface area contributed by atoms with Crippen LogP contribution in [0.5, 0.6) is 5.75 Å². The van der Waals surface area contributed by atoms with Crippen molar-refractivity contribution in [1.82, 2.24) is 0 Å². The summed E-state index contributed by atoms with van der Waals surface area (Å²) in [5.74, 6) is -0.126. The van der Waals surface area contributed by atoms with Crippen molar-refractivity contribution >= 4 is 27.7 Å². The van der Waals surface area contributed by atoms with E-state index in [0.29, 0.717) is 26.9 Å². The summed E-state index contributed by atoms with van der Waals surface area (Å²) in [6, 6.07) is 11.7. The maximum atomic E-state index is 12.5. The summed E-state index contributed by atoms with van der Waals surface area (Å²) in [4.78, 5) is 24.0. The van der Waals surface area contributed by atoms with Crippen LogP contribution < -0.4 is 4.74 Å². The zero-order chi connectivity index (χ0) is 15.4. The van der Waals surface area contributed by atoms with Gasteiger partial charge in [0.2, 0.25) is 0 Å². The fourth-order valence-electron chi connectivity index (χ4n) is 1.92. The highest BCUT2D eigenvalue weighted by atomic mass is 79.9. The second kappa shape index (κ2) is 6.54. The first-order valence-corrected chi connectivity index (χ1v) is 6.93. The predicted octanol–water partition coefficient (Wildman–Crippen LogP) is 3.48. The molecule has 21 heavy (non-hydrogen) atoms. The van der Waals surface area contributed by atoms with Crippen molar-refractivity contribution in [3.05, 3.63) is 63.6 Å². The number of ether oxygens (including phenoxy) is 2. The van der Waals surface area contributed by atoms with Crippen LogP contribution in [-0.2, 0) is 4.74 Å². The van der Waals surface area contributed by atoms with Gasteiger partial charge >= 0.3 is 5.97 Å². The monoisotopic (exact) mass is 348 g/mol. The molecule has 2 aromatic carbocycles. The number of methoxy groups -OCH3 is 2. The molecule has 0 aromatic heterocycles. The highest BCUT2D eigenvalue weighted by molar-refractivity contribution is 9.10. The van der Waals surface area contributed by atoms with Crippen molar-refractivity contribution in [1.29, 1.82) is 0 Å². The van der Waals surface area contributed by atoms with Crippen molar-refractivity contribution in [3.8, 4) is 5.75 Å². The number of esters is 1. The normalized spacial score (nSPS) is 10.0. The minimum Gasteiger partial charge on any atom is -0.496 e. The number of carbonyl (C=O) groups is 2. The van der Waals surface area contributed by atoms with Gasteiger partial charge in [-0.25, -0.2) is 4.79 Å². The molecule has 2 aromatic rings. The molecule has 0 aliphatic carbocycles. The number of rotatable bonds is 4. The Kier molecular flexibility index (Phi) is 4.75. The number of hydrogen-bond donors (Lipinski definition) is 0. The Balaban J connectivity index is 2.41. The third-order valence-electron chi connectivity index (χ3n) is 2.99. The maximum absolute atomic E-state index is 12.5. The van der Waals surface area contributed by atoms with E-state index in [9.17, 15) is 9.59 Å². The minimum atomic E-state index is -0.460. The Bertz CT molecular complexity index is 694. The molecule has 0 amide bonds. The van der Waals surface area contributed by atoms with E-state index in [1.807, 2.05) is 0 Å². The third kappa shape index (κ3) is 3.13. The number of para-hydroxylation sites is 1. The van der Waals surface area contributed by atoms with Crippen molar-refractivity contribution in [2.45, 2.75) is 0 Å². The lowest BCUT2D eigenvalue weighted by molar-refractivity contribution is 0.0599. The van der Waals surface area contributed by atoms with Crippen LogP contribution in [0.4, 0.5) is 0 Å². The van der Waals surface area contributed by atoms with Crippen LogP contribution in [0.2, 0.25) is 0 Å². The quantitative estimate of drug-likeness (QED) is 0.627. The second-order valence-corrected chi connectivity index (χ2v) is 5.07. The molecule has 0 heterocycles. The molecule has 0 bridgehead atoms. The molecule has 0 aliphatic rings. The van der Waals surface area contributed by atoms with Crippen LogP contribution in [0.3, 0.4) is 0 Å². The molecule has 0 N–H and O–H groups in total. The molecule has 0 radical (unpaired) electrons. The van der Waals surface area contributed by atoms with E-state index in [4.69, 9.17) is 4.74 Å². The summed E-state index contributed by atoms with van der Waals surface area (Å²) in [5, 5.41) is 0. The molecule has 0 aliphatic heterocycles. The van der Waals surface area contributed by atoms with Crippen LogP contribution >= 0.6 is 15.9 Å². The lowest BCUT2D eigenvalue weighted by Crippen LogP contribution is -2.07. The molecule has 0 unspecified atom stereocenters.